The Morgan fingerprint density at radius 1 is 1.31 bits per heavy atom. The van der Waals surface area contributed by atoms with Crippen LogP contribution in [0, 0.1) is 0 Å². The maximum absolute atomic E-state index is 5.95. The van der Waals surface area contributed by atoms with Gasteiger partial charge in [0.15, 0.2) is 0 Å². The largest absolute Gasteiger partial charge is 0.488 e. The van der Waals surface area contributed by atoms with E-state index in [-0.39, 0.29) is 11.6 Å². The van der Waals surface area contributed by atoms with Crippen LogP contribution in [0.4, 0.5) is 0 Å². The Bertz CT molecular complexity index is 321. The van der Waals surface area contributed by atoms with Crippen LogP contribution in [0.25, 0.3) is 0 Å². The highest BCUT2D eigenvalue weighted by atomic mass is 127. The summed E-state index contributed by atoms with van der Waals surface area (Å²) >= 11 is 2.30. The van der Waals surface area contributed by atoms with Crippen molar-refractivity contribution in [2.45, 2.75) is 38.8 Å². The number of rotatable bonds is 5. The average Bonchev–Trinajstić information content (AvgIpc) is 2.28. The van der Waals surface area contributed by atoms with Crippen LogP contribution in [0.2, 0.25) is 0 Å². The van der Waals surface area contributed by atoms with Crippen molar-refractivity contribution >= 4 is 22.6 Å². The first-order valence-electron chi connectivity index (χ1n) is 5.59. The van der Waals surface area contributed by atoms with Crippen LogP contribution in [0.3, 0.4) is 0 Å². The molecule has 2 N–H and O–H groups in total. The van der Waals surface area contributed by atoms with Gasteiger partial charge in [0.05, 0.1) is 0 Å². The highest BCUT2D eigenvalue weighted by molar-refractivity contribution is 14.1. The monoisotopic (exact) mass is 333 g/mol. The molecule has 0 bridgehead atoms. The maximum Gasteiger partial charge on any atom is 0.120 e. The third-order valence-corrected chi connectivity index (χ3v) is 3.67. The van der Waals surface area contributed by atoms with Crippen LogP contribution in [0.1, 0.15) is 38.8 Å². The van der Waals surface area contributed by atoms with Gasteiger partial charge < -0.3 is 10.5 Å². The number of nitrogens with two attached hydrogens (primary N) is 1. The molecule has 0 spiro atoms. The van der Waals surface area contributed by atoms with Gasteiger partial charge in [0.2, 0.25) is 0 Å². The first kappa shape index (κ1) is 13.8. The van der Waals surface area contributed by atoms with E-state index in [4.69, 9.17) is 10.5 Å². The maximum atomic E-state index is 5.95. The zero-order valence-electron chi connectivity index (χ0n) is 10.2. The standard InChI is InChI=1S/C13H20INO/c1-4-13(2,3)16-11-7-5-10(6-8-11)12(15)9-14/h5-8,12H,4,9,15H2,1-3H3/t12-/m0/s1. The summed E-state index contributed by atoms with van der Waals surface area (Å²) in [5.41, 5.74) is 7.01. The predicted octanol–water partition coefficient (Wildman–Crippen LogP) is 3.69. The topological polar surface area (TPSA) is 35.2 Å². The fourth-order valence-electron chi connectivity index (χ4n) is 1.26. The Morgan fingerprint density at radius 3 is 2.31 bits per heavy atom. The van der Waals surface area contributed by atoms with Crippen molar-refractivity contribution < 1.29 is 4.74 Å². The van der Waals surface area contributed by atoms with Crippen LogP contribution in [-0.2, 0) is 0 Å². The van der Waals surface area contributed by atoms with E-state index in [0.29, 0.717) is 0 Å². The van der Waals surface area contributed by atoms with Crippen molar-refractivity contribution in [2.75, 3.05) is 4.43 Å². The number of alkyl halides is 1. The minimum Gasteiger partial charge on any atom is -0.488 e. The van der Waals surface area contributed by atoms with Gasteiger partial charge >= 0.3 is 0 Å². The zero-order chi connectivity index (χ0) is 12.2. The summed E-state index contributed by atoms with van der Waals surface area (Å²) in [5, 5.41) is 0. The third kappa shape index (κ3) is 3.94. The second-order valence-electron chi connectivity index (χ2n) is 4.55. The summed E-state index contributed by atoms with van der Waals surface area (Å²) in [6.45, 7) is 6.31. The van der Waals surface area contributed by atoms with Crippen LogP contribution in [0.5, 0.6) is 5.75 Å². The van der Waals surface area contributed by atoms with Crippen molar-refractivity contribution in [3.05, 3.63) is 29.8 Å². The Balaban J connectivity index is 2.72. The van der Waals surface area contributed by atoms with E-state index in [2.05, 4.69) is 43.4 Å². The lowest BCUT2D eigenvalue weighted by molar-refractivity contribution is 0.105. The van der Waals surface area contributed by atoms with Gasteiger partial charge in [-0.25, -0.2) is 0 Å². The molecule has 1 aromatic rings. The van der Waals surface area contributed by atoms with Gasteiger partial charge in [0.25, 0.3) is 0 Å². The molecule has 1 rings (SSSR count). The summed E-state index contributed by atoms with van der Waals surface area (Å²) in [4.78, 5) is 0. The quantitative estimate of drug-likeness (QED) is 0.659. The van der Waals surface area contributed by atoms with Gasteiger partial charge in [0.1, 0.15) is 11.4 Å². The van der Waals surface area contributed by atoms with E-state index in [1.54, 1.807) is 0 Å². The summed E-state index contributed by atoms with van der Waals surface area (Å²) in [6.07, 6.45) is 0.988. The molecule has 0 aliphatic carbocycles. The number of benzene rings is 1. The summed E-state index contributed by atoms with van der Waals surface area (Å²) in [5.74, 6) is 0.913. The second kappa shape index (κ2) is 5.87. The van der Waals surface area contributed by atoms with Crippen molar-refractivity contribution in [1.29, 1.82) is 0 Å². The minimum absolute atomic E-state index is 0.104. The van der Waals surface area contributed by atoms with Crippen LogP contribution in [-0.4, -0.2) is 10.0 Å². The van der Waals surface area contributed by atoms with Gasteiger partial charge in [0, 0.05) is 10.5 Å². The van der Waals surface area contributed by atoms with Crippen LogP contribution >= 0.6 is 22.6 Å². The molecule has 1 atom stereocenters. The smallest absolute Gasteiger partial charge is 0.120 e. The molecule has 0 radical (unpaired) electrons. The lowest BCUT2D eigenvalue weighted by Gasteiger charge is -2.25. The SMILES string of the molecule is CCC(C)(C)Oc1ccc([C@@H](N)CI)cc1. The number of halogens is 1. The molecule has 0 aromatic heterocycles. The van der Waals surface area contributed by atoms with E-state index in [1.165, 1.54) is 0 Å². The zero-order valence-corrected chi connectivity index (χ0v) is 12.3. The van der Waals surface area contributed by atoms with Crippen molar-refractivity contribution in [3.63, 3.8) is 0 Å². The van der Waals surface area contributed by atoms with Gasteiger partial charge in [-0.15, -0.1) is 0 Å². The molecule has 0 aliphatic rings. The predicted molar refractivity (Wildman–Crippen MR) is 77.3 cm³/mol. The van der Waals surface area contributed by atoms with Gasteiger partial charge in [-0.2, -0.15) is 0 Å². The summed E-state index contributed by atoms with van der Waals surface area (Å²) in [7, 11) is 0. The van der Waals surface area contributed by atoms with Crippen LogP contribution < -0.4 is 10.5 Å². The highest BCUT2D eigenvalue weighted by Crippen LogP contribution is 2.23. The van der Waals surface area contributed by atoms with Gasteiger partial charge in [-0.1, -0.05) is 41.6 Å². The molecular weight excluding hydrogens is 313 g/mol. The lowest BCUT2D eigenvalue weighted by atomic mass is 10.1. The van der Waals surface area contributed by atoms with Gasteiger partial charge in [-0.05, 0) is 38.0 Å². The lowest BCUT2D eigenvalue weighted by Crippen LogP contribution is -2.26. The molecule has 0 heterocycles. The van der Waals surface area contributed by atoms with E-state index in [9.17, 15) is 0 Å². The van der Waals surface area contributed by atoms with Crippen molar-refractivity contribution in [3.8, 4) is 5.75 Å². The molecule has 16 heavy (non-hydrogen) atoms. The molecule has 2 nitrogen and oxygen atoms in total. The molecule has 0 unspecified atom stereocenters. The molecule has 3 heteroatoms. The molecule has 0 aliphatic heterocycles. The molecule has 90 valence electrons. The fraction of sp³-hybridized carbons (Fsp3) is 0.538. The second-order valence-corrected chi connectivity index (χ2v) is 5.43. The summed E-state index contributed by atoms with van der Waals surface area (Å²) < 4.78 is 6.81. The molecule has 0 amide bonds. The van der Waals surface area contributed by atoms with E-state index < -0.39 is 0 Å². The van der Waals surface area contributed by atoms with E-state index >= 15 is 0 Å². The van der Waals surface area contributed by atoms with Crippen LogP contribution in [0.15, 0.2) is 24.3 Å². The number of ether oxygens (including phenoxy) is 1. The average molecular weight is 333 g/mol. The highest BCUT2D eigenvalue weighted by Gasteiger charge is 2.16. The number of hydrogen-bond acceptors (Lipinski definition) is 2. The normalized spacial score (nSPS) is 13.6. The van der Waals surface area contributed by atoms with Crippen molar-refractivity contribution in [1.82, 2.24) is 0 Å². The Hall–Kier alpha value is -0.290. The molecule has 0 saturated carbocycles. The van der Waals surface area contributed by atoms with E-state index in [0.717, 1.165) is 22.2 Å². The van der Waals surface area contributed by atoms with Crippen molar-refractivity contribution in [2.24, 2.45) is 5.73 Å². The number of hydrogen-bond donors (Lipinski definition) is 1. The fourth-order valence-corrected chi connectivity index (χ4v) is 1.77. The Morgan fingerprint density at radius 2 is 1.88 bits per heavy atom. The summed E-state index contributed by atoms with van der Waals surface area (Å²) in [6, 6.07) is 8.21. The Kier molecular flexibility index (Phi) is 5.05. The Labute approximate surface area is 112 Å². The van der Waals surface area contributed by atoms with E-state index in [1.807, 2.05) is 24.3 Å². The molecular formula is C13H20INO. The molecule has 0 saturated heterocycles. The molecule has 0 fully saturated rings. The third-order valence-electron chi connectivity index (χ3n) is 2.72. The first-order chi connectivity index (χ1) is 7.48. The molecule has 1 aromatic carbocycles. The minimum atomic E-state index is -0.104. The first-order valence-corrected chi connectivity index (χ1v) is 7.11. The van der Waals surface area contributed by atoms with Gasteiger partial charge in [-0.3, -0.25) is 0 Å².